The quantitative estimate of drug-likeness (QED) is 0.164. The van der Waals surface area contributed by atoms with Crippen LogP contribution < -0.4 is 0 Å². The summed E-state index contributed by atoms with van der Waals surface area (Å²) in [6, 6.07) is 48.6. The number of aromatic nitrogens is 4. The summed E-state index contributed by atoms with van der Waals surface area (Å²) in [6.07, 6.45) is 8.37. The zero-order valence-electron chi connectivity index (χ0n) is 29.9. The van der Waals surface area contributed by atoms with E-state index in [4.69, 9.17) is 19.9 Å². The van der Waals surface area contributed by atoms with Crippen molar-refractivity contribution in [2.75, 3.05) is 0 Å². The monoisotopic (exact) mass is 680 g/mol. The number of benzene rings is 5. The van der Waals surface area contributed by atoms with Crippen molar-refractivity contribution >= 4 is 67.9 Å². The van der Waals surface area contributed by atoms with E-state index in [1.807, 2.05) is 36.4 Å². The maximum atomic E-state index is 5.25. The first-order valence-corrected chi connectivity index (χ1v) is 18.0. The average molecular weight is 681 g/mol. The predicted molar refractivity (Wildman–Crippen MR) is 223 cm³/mol. The van der Waals surface area contributed by atoms with Gasteiger partial charge in [-0.3, -0.25) is 0 Å². The van der Waals surface area contributed by atoms with Gasteiger partial charge in [0.05, 0.1) is 44.8 Å². The summed E-state index contributed by atoms with van der Waals surface area (Å²) >= 11 is 0. The number of rotatable bonds is 6. The Bertz CT molecular complexity index is 2910. The SMILES string of the molecule is Cc1cc(-c2ccc3ccc4c(C)cc(C=Cc5ccccc5)nc4c3n2)ccc1-c1ccc2ccc3c(C)cc(C=Cc4ccccc4)nc3c2n1. The third-order valence-corrected chi connectivity index (χ3v) is 10.0. The van der Waals surface area contributed by atoms with Gasteiger partial charge in [-0.2, -0.15) is 0 Å². The van der Waals surface area contributed by atoms with E-state index in [0.29, 0.717) is 0 Å². The molecule has 0 radical (unpaired) electrons. The molecule has 0 fully saturated rings. The summed E-state index contributed by atoms with van der Waals surface area (Å²) in [4.78, 5) is 20.7. The molecule has 0 atom stereocenters. The van der Waals surface area contributed by atoms with Gasteiger partial charge in [-0.1, -0.05) is 121 Å². The van der Waals surface area contributed by atoms with Gasteiger partial charge in [-0.05, 0) is 91.1 Å². The van der Waals surface area contributed by atoms with Crippen LogP contribution in [-0.2, 0) is 0 Å². The minimum atomic E-state index is 0.906. The van der Waals surface area contributed by atoms with E-state index in [1.54, 1.807) is 0 Å². The van der Waals surface area contributed by atoms with Gasteiger partial charge < -0.3 is 0 Å². The summed E-state index contributed by atoms with van der Waals surface area (Å²) in [5, 5.41) is 4.37. The highest BCUT2D eigenvalue weighted by atomic mass is 14.8. The second-order valence-corrected chi connectivity index (χ2v) is 13.7. The highest BCUT2D eigenvalue weighted by Gasteiger charge is 2.13. The lowest BCUT2D eigenvalue weighted by Gasteiger charge is -2.12. The lowest BCUT2D eigenvalue weighted by molar-refractivity contribution is 1.31. The van der Waals surface area contributed by atoms with E-state index in [1.165, 1.54) is 11.1 Å². The number of pyridine rings is 4. The van der Waals surface area contributed by atoms with Crippen LogP contribution in [0.25, 0.3) is 90.4 Å². The van der Waals surface area contributed by atoms with Crippen LogP contribution in [0.1, 0.15) is 39.2 Å². The molecular formula is C49H36N4. The van der Waals surface area contributed by atoms with Crippen LogP contribution in [-0.4, -0.2) is 19.9 Å². The van der Waals surface area contributed by atoms with Gasteiger partial charge in [0.15, 0.2) is 0 Å². The van der Waals surface area contributed by atoms with E-state index >= 15 is 0 Å². The molecule has 0 unspecified atom stereocenters. The van der Waals surface area contributed by atoms with Crippen molar-refractivity contribution in [3.8, 4) is 22.5 Å². The third-order valence-electron chi connectivity index (χ3n) is 10.0. The van der Waals surface area contributed by atoms with E-state index in [2.05, 4.69) is 148 Å². The fourth-order valence-corrected chi connectivity index (χ4v) is 7.22. The van der Waals surface area contributed by atoms with Gasteiger partial charge in [0.2, 0.25) is 0 Å². The highest BCUT2D eigenvalue weighted by Crippen LogP contribution is 2.33. The second-order valence-electron chi connectivity index (χ2n) is 13.7. The molecule has 0 saturated carbocycles. The molecule has 0 aliphatic carbocycles. The van der Waals surface area contributed by atoms with Crippen molar-refractivity contribution in [3.63, 3.8) is 0 Å². The molecule has 0 N–H and O–H groups in total. The normalized spacial score (nSPS) is 11.9. The van der Waals surface area contributed by atoms with Gasteiger partial charge >= 0.3 is 0 Å². The number of nitrogens with zero attached hydrogens (tertiary/aromatic N) is 4. The number of aryl methyl sites for hydroxylation is 3. The maximum Gasteiger partial charge on any atom is 0.0974 e. The molecule has 0 spiro atoms. The van der Waals surface area contributed by atoms with Crippen LogP contribution in [0.15, 0.2) is 140 Å². The van der Waals surface area contributed by atoms with Gasteiger partial charge in [-0.15, -0.1) is 0 Å². The largest absolute Gasteiger partial charge is 0.246 e. The van der Waals surface area contributed by atoms with Gasteiger partial charge in [0.25, 0.3) is 0 Å². The Labute approximate surface area is 308 Å². The minimum absolute atomic E-state index is 0.906. The van der Waals surface area contributed by atoms with E-state index in [0.717, 1.165) is 94.2 Å². The van der Waals surface area contributed by atoms with Crippen molar-refractivity contribution in [3.05, 3.63) is 179 Å². The highest BCUT2D eigenvalue weighted by molar-refractivity contribution is 6.06. The number of hydrogen-bond acceptors (Lipinski definition) is 4. The lowest BCUT2D eigenvalue weighted by atomic mass is 9.98. The molecule has 252 valence electrons. The van der Waals surface area contributed by atoms with Crippen LogP contribution in [0.3, 0.4) is 0 Å². The molecule has 4 heteroatoms. The van der Waals surface area contributed by atoms with Gasteiger partial charge in [0.1, 0.15) is 0 Å². The predicted octanol–water partition coefficient (Wildman–Crippen LogP) is 12.5. The first-order chi connectivity index (χ1) is 26.0. The molecule has 0 saturated heterocycles. The van der Waals surface area contributed by atoms with Crippen LogP contribution in [0.4, 0.5) is 0 Å². The Kier molecular flexibility index (Phi) is 8.13. The van der Waals surface area contributed by atoms with Crippen molar-refractivity contribution in [1.29, 1.82) is 0 Å². The van der Waals surface area contributed by atoms with Crippen molar-refractivity contribution in [1.82, 2.24) is 19.9 Å². The summed E-state index contributed by atoms with van der Waals surface area (Å²) in [5.41, 5.74) is 15.2. The molecule has 4 heterocycles. The van der Waals surface area contributed by atoms with Crippen LogP contribution in [0, 0.1) is 20.8 Å². The van der Waals surface area contributed by atoms with Gasteiger partial charge in [-0.25, -0.2) is 19.9 Å². The molecule has 4 aromatic heterocycles. The first kappa shape index (κ1) is 32.1. The second kappa shape index (κ2) is 13.4. The van der Waals surface area contributed by atoms with Crippen molar-refractivity contribution < 1.29 is 0 Å². The average Bonchev–Trinajstić information content (AvgIpc) is 3.19. The molecule has 0 aliphatic heterocycles. The topological polar surface area (TPSA) is 51.6 Å². The Balaban J connectivity index is 1.08. The maximum absolute atomic E-state index is 5.25. The molecule has 9 aromatic rings. The molecule has 0 amide bonds. The molecule has 4 nitrogen and oxygen atoms in total. The molecule has 0 bridgehead atoms. The van der Waals surface area contributed by atoms with E-state index in [-0.39, 0.29) is 0 Å². The number of hydrogen-bond donors (Lipinski definition) is 0. The van der Waals surface area contributed by atoms with Crippen molar-refractivity contribution in [2.24, 2.45) is 0 Å². The van der Waals surface area contributed by atoms with Crippen molar-refractivity contribution in [2.45, 2.75) is 20.8 Å². The Morgan fingerprint density at radius 2 is 0.868 bits per heavy atom. The lowest BCUT2D eigenvalue weighted by Crippen LogP contribution is -1.95. The van der Waals surface area contributed by atoms with E-state index in [9.17, 15) is 0 Å². The number of fused-ring (bicyclic) bond motifs is 6. The molecule has 0 aliphatic rings. The zero-order valence-corrected chi connectivity index (χ0v) is 29.9. The summed E-state index contributed by atoms with van der Waals surface area (Å²) in [7, 11) is 0. The van der Waals surface area contributed by atoms with E-state index < -0.39 is 0 Å². The van der Waals surface area contributed by atoms with Crippen LogP contribution >= 0.6 is 0 Å². The summed E-state index contributed by atoms with van der Waals surface area (Å²) < 4.78 is 0. The van der Waals surface area contributed by atoms with Crippen LogP contribution in [0.5, 0.6) is 0 Å². The Morgan fingerprint density at radius 3 is 1.40 bits per heavy atom. The first-order valence-electron chi connectivity index (χ1n) is 18.0. The standard InChI is InChI=1S/C49H36N4/c1-31-28-38(44-26-19-36-16-24-42-32(2)29-39(50-48(42)46(36)52-44)21-14-34-10-6-4-7-11-34)18-23-41(31)45-27-20-37-17-25-43-33(3)30-40(51-49(43)47(37)53-45)22-15-35-12-8-5-9-13-35/h4-30H,1-3H3. The Hall–Kier alpha value is -6.78. The third kappa shape index (κ3) is 6.25. The minimum Gasteiger partial charge on any atom is -0.246 e. The molecule has 5 aromatic carbocycles. The summed E-state index contributed by atoms with van der Waals surface area (Å²) in [5.74, 6) is 0. The molecule has 9 rings (SSSR count). The smallest absolute Gasteiger partial charge is 0.0974 e. The van der Waals surface area contributed by atoms with Gasteiger partial charge in [0, 0.05) is 32.7 Å². The fraction of sp³-hybridized carbons (Fsp3) is 0.0612. The fourth-order valence-electron chi connectivity index (χ4n) is 7.22. The zero-order chi connectivity index (χ0) is 35.9. The molecular weight excluding hydrogens is 645 g/mol. The Morgan fingerprint density at radius 1 is 0.377 bits per heavy atom. The van der Waals surface area contributed by atoms with Crippen LogP contribution in [0.2, 0.25) is 0 Å². The summed E-state index contributed by atoms with van der Waals surface area (Å²) in [6.45, 7) is 6.44. The molecule has 53 heavy (non-hydrogen) atoms.